The van der Waals surface area contributed by atoms with Gasteiger partial charge >= 0.3 is 0 Å². The molecule has 0 bridgehead atoms. The van der Waals surface area contributed by atoms with Crippen LogP contribution >= 0.6 is 11.3 Å². The Kier molecular flexibility index (Phi) is 9.53. The van der Waals surface area contributed by atoms with Crippen LogP contribution in [0.5, 0.6) is 11.5 Å². The minimum absolute atomic E-state index is 0.0410. The Morgan fingerprint density at radius 3 is 2.15 bits per heavy atom. The highest BCUT2D eigenvalue weighted by Crippen LogP contribution is 2.32. The van der Waals surface area contributed by atoms with Crippen molar-refractivity contribution >= 4 is 22.3 Å². The number of thiazole rings is 1. The standard InChI is InChI=1S/C25H32N4O3S/c1-2-3-7-22-23(28-25(27)33-22)18-8-12-20(13-9-18)31-16-5-4-6-17-32-21-14-10-19(11-15-21)24(26)29-30/h8-15,30H,2-7,16-17H2,1H3,(H2,26,29)(H2,27,28). The quantitative estimate of drug-likeness (QED) is 0.111. The van der Waals surface area contributed by atoms with E-state index in [0.29, 0.717) is 23.9 Å². The van der Waals surface area contributed by atoms with Gasteiger partial charge in [0, 0.05) is 16.0 Å². The van der Waals surface area contributed by atoms with Crippen LogP contribution in [0.15, 0.2) is 48.5 Å². The molecule has 8 heteroatoms. The second-order valence-electron chi connectivity index (χ2n) is 7.72. The second-order valence-corrected chi connectivity index (χ2v) is 8.84. The van der Waals surface area contributed by atoms with E-state index in [1.54, 1.807) is 35.6 Å². The van der Waals surface area contributed by atoms with Gasteiger partial charge < -0.3 is 15.2 Å². The molecule has 3 aromatic rings. The molecule has 0 atom stereocenters. The van der Waals surface area contributed by atoms with E-state index in [4.69, 9.17) is 25.8 Å². The molecule has 176 valence electrons. The lowest BCUT2D eigenvalue weighted by atomic mass is 10.1. The van der Waals surface area contributed by atoms with Gasteiger partial charge in [0.25, 0.3) is 0 Å². The Bertz CT molecular complexity index is 1000. The van der Waals surface area contributed by atoms with Gasteiger partial charge in [0.05, 0.1) is 18.9 Å². The van der Waals surface area contributed by atoms with E-state index in [9.17, 15) is 0 Å². The van der Waals surface area contributed by atoms with Crippen molar-refractivity contribution < 1.29 is 14.7 Å². The number of anilines is 1. The van der Waals surface area contributed by atoms with E-state index in [2.05, 4.69) is 24.0 Å². The molecule has 0 saturated heterocycles. The third-order valence-corrected chi connectivity index (χ3v) is 6.12. The van der Waals surface area contributed by atoms with Crippen molar-refractivity contribution in [2.75, 3.05) is 18.9 Å². The molecule has 0 fully saturated rings. The number of hydrogen-bond donors (Lipinski definition) is 4. The third kappa shape index (κ3) is 7.47. The molecule has 0 aliphatic rings. The van der Waals surface area contributed by atoms with Crippen LogP contribution < -0.4 is 20.7 Å². The van der Waals surface area contributed by atoms with E-state index in [-0.39, 0.29) is 5.84 Å². The molecule has 0 unspecified atom stereocenters. The maximum atomic E-state index is 8.75. The van der Waals surface area contributed by atoms with Gasteiger partial charge in [-0.15, -0.1) is 11.3 Å². The van der Waals surface area contributed by atoms with Gasteiger partial charge in [-0.3, -0.25) is 16.1 Å². The van der Waals surface area contributed by atoms with Crippen LogP contribution in [0.1, 0.15) is 49.5 Å². The first-order valence-electron chi connectivity index (χ1n) is 11.3. The number of aromatic nitrogens is 1. The van der Waals surface area contributed by atoms with Crippen LogP contribution in [0.2, 0.25) is 0 Å². The van der Waals surface area contributed by atoms with Gasteiger partial charge in [-0.05, 0) is 80.6 Å². The minimum atomic E-state index is -0.0410. The smallest absolute Gasteiger partial charge is 0.180 e. The van der Waals surface area contributed by atoms with E-state index < -0.39 is 0 Å². The summed E-state index contributed by atoms with van der Waals surface area (Å²) in [5, 5.41) is 16.9. The van der Waals surface area contributed by atoms with Gasteiger partial charge in [-0.2, -0.15) is 0 Å². The fourth-order valence-electron chi connectivity index (χ4n) is 3.35. The molecule has 0 saturated carbocycles. The number of nitrogens with two attached hydrogens (primary N) is 1. The lowest BCUT2D eigenvalue weighted by molar-refractivity contribution is 0.234. The van der Waals surface area contributed by atoms with Crippen molar-refractivity contribution in [2.45, 2.75) is 45.4 Å². The molecular weight excluding hydrogens is 436 g/mol. The molecule has 0 radical (unpaired) electrons. The summed E-state index contributed by atoms with van der Waals surface area (Å²) in [5.74, 6) is 1.57. The lowest BCUT2D eigenvalue weighted by Crippen LogP contribution is -2.18. The summed E-state index contributed by atoms with van der Waals surface area (Å²) in [7, 11) is 0. The Balaban J connectivity index is 1.35. The van der Waals surface area contributed by atoms with Crippen LogP contribution in [-0.4, -0.2) is 29.2 Å². The second kappa shape index (κ2) is 12.8. The summed E-state index contributed by atoms with van der Waals surface area (Å²) in [6, 6.07) is 15.1. The highest BCUT2D eigenvalue weighted by atomic mass is 32.1. The summed E-state index contributed by atoms with van der Waals surface area (Å²) in [5.41, 5.74) is 10.4. The summed E-state index contributed by atoms with van der Waals surface area (Å²) >= 11 is 1.58. The van der Waals surface area contributed by atoms with Gasteiger partial charge in [0.2, 0.25) is 0 Å². The molecule has 0 aliphatic heterocycles. The van der Waals surface area contributed by atoms with Crippen LogP contribution in [0, 0.1) is 5.41 Å². The molecule has 1 heterocycles. The summed E-state index contributed by atoms with van der Waals surface area (Å²) in [6.07, 6.45) is 6.20. The van der Waals surface area contributed by atoms with Gasteiger partial charge in [0.15, 0.2) is 5.13 Å². The topological polar surface area (TPSA) is 113 Å². The first kappa shape index (κ1) is 24.5. The van der Waals surface area contributed by atoms with E-state index >= 15 is 0 Å². The summed E-state index contributed by atoms with van der Waals surface area (Å²) < 4.78 is 11.6. The average Bonchev–Trinajstić information content (AvgIpc) is 3.22. The molecule has 1 aromatic heterocycles. The highest BCUT2D eigenvalue weighted by Gasteiger charge is 2.11. The highest BCUT2D eigenvalue weighted by molar-refractivity contribution is 7.15. The Morgan fingerprint density at radius 2 is 1.58 bits per heavy atom. The summed E-state index contributed by atoms with van der Waals surface area (Å²) in [6.45, 7) is 3.48. The molecule has 33 heavy (non-hydrogen) atoms. The van der Waals surface area contributed by atoms with Crippen LogP contribution in [0.4, 0.5) is 5.13 Å². The number of amidine groups is 1. The van der Waals surface area contributed by atoms with Crippen LogP contribution in [0.25, 0.3) is 11.3 Å². The first-order valence-corrected chi connectivity index (χ1v) is 12.1. The largest absolute Gasteiger partial charge is 0.494 e. The van der Waals surface area contributed by atoms with E-state index in [1.807, 2.05) is 17.6 Å². The molecule has 2 aromatic carbocycles. The van der Waals surface area contributed by atoms with Crippen molar-refractivity contribution in [3.8, 4) is 22.8 Å². The van der Waals surface area contributed by atoms with E-state index in [1.165, 1.54) is 4.88 Å². The van der Waals surface area contributed by atoms with Crippen LogP contribution in [0.3, 0.4) is 0 Å². The Morgan fingerprint density at radius 1 is 0.970 bits per heavy atom. The molecule has 5 N–H and O–H groups in total. The predicted octanol–water partition coefficient (Wildman–Crippen LogP) is 5.67. The average molecular weight is 469 g/mol. The fraction of sp³-hybridized carbons (Fsp3) is 0.360. The molecule has 0 amide bonds. The SMILES string of the molecule is CCCCc1sc(N)nc1-c1ccc(OCCCCCOc2ccc(C(=N)NO)cc2)cc1. The fourth-order valence-corrected chi connectivity index (χ4v) is 4.25. The third-order valence-electron chi connectivity index (χ3n) is 5.18. The summed E-state index contributed by atoms with van der Waals surface area (Å²) in [4.78, 5) is 5.78. The zero-order valence-electron chi connectivity index (χ0n) is 19.0. The number of nitrogen functional groups attached to an aromatic ring is 1. The maximum Gasteiger partial charge on any atom is 0.180 e. The molecular formula is C25H32N4O3S. The van der Waals surface area contributed by atoms with Crippen molar-refractivity contribution in [3.05, 3.63) is 59.0 Å². The number of nitrogens with zero attached hydrogens (tertiary/aromatic N) is 1. The number of benzene rings is 2. The number of aryl methyl sites for hydroxylation is 1. The van der Waals surface area contributed by atoms with E-state index in [0.717, 1.165) is 61.3 Å². The Labute approximate surface area is 199 Å². The van der Waals surface area contributed by atoms with Crippen molar-refractivity contribution in [3.63, 3.8) is 0 Å². The molecule has 0 spiro atoms. The molecule has 7 nitrogen and oxygen atoms in total. The number of nitrogens with one attached hydrogen (secondary N) is 2. The number of hydroxylamine groups is 1. The van der Waals surface area contributed by atoms with Crippen molar-refractivity contribution in [1.29, 1.82) is 5.41 Å². The minimum Gasteiger partial charge on any atom is -0.494 e. The molecule has 0 aliphatic carbocycles. The van der Waals surface area contributed by atoms with Crippen LogP contribution in [-0.2, 0) is 6.42 Å². The molecule has 3 rings (SSSR count). The van der Waals surface area contributed by atoms with Gasteiger partial charge in [0.1, 0.15) is 17.3 Å². The number of unbranched alkanes of at least 4 members (excludes halogenated alkanes) is 3. The zero-order chi connectivity index (χ0) is 23.5. The first-order chi connectivity index (χ1) is 16.1. The zero-order valence-corrected chi connectivity index (χ0v) is 19.8. The van der Waals surface area contributed by atoms with Crippen molar-refractivity contribution in [1.82, 2.24) is 10.5 Å². The normalized spacial score (nSPS) is 10.7. The van der Waals surface area contributed by atoms with Gasteiger partial charge in [-0.25, -0.2) is 4.98 Å². The Hall–Kier alpha value is -3.10. The predicted molar refractivity (Wildman–Crippen MR) is 134 cm³/mol. The lowest BCUT2D eigenvalue weighted by Gasteiger charge is -2.09. The van der Waals surface area contributed by atoms with Gasteiger partial charge in [-0.1, -0.05) is 13.3 Å². The number of hydrogen-bond acceptors (Lipinski definition) is 7. The number of ether oxygens (including phenoxy) is 2. The van der Waals surface area contributed by atoms with Crippen molar-refractivity contribution in [2.24, 2.45) is 0 Å². The number of rotatable bonds is 13. The monoisotopic (exact) mass is 468 g/mol. The maximum absolute atomic E-state index is 8.75.